The maximum absolute atomic E-state index is 12.0. The SMILES string of the molecule is CC(NC(=NCC(=O)N(C)C)NCCc1ccccc1)c1cc2ccccc2o1.I. The van der Waals surface area contributed by atoms with Crippen LogP contribution in [0, 0.1) is 0 Å². The average molecular weight is 520 g/mol. The Kier molecular flexibility index (Phi) is 9.16. The van der Waals surface area contributed by atoms with Crippen LogP contribution in [-0.2, 0) is 11.2 Å². The van der Waals surface area contributed by atoms with Crippen LogP contribution in [0.4, 0.5) is 0 Å². The quantitative estimate of drug-likeness (QED) is 0.281. The largest absolute Gasteiger partial charge is 0.459 e. The lowest BCUT2D eigenvalue weighted by atomic mass is 10.1. The maximum Gasteiger partial charge on any atom is 0.243 e. The minimum absolute atomic E-state index is 0. The molecule has 3 aromatic rings. The van der Waals surface area contributed by atoms with E-state index in [1.54, 1.807) is 14.1 Å². The van der Waals surface area contributed by atoms with Crippen molar-refractivity contribution < 1.29 is 9.21 Å². The molecule has 0 saturated carbocycles. The molecule has 6 nitrogen and oxygen atoms in total. The second-order valence-corrected chi connectivity index (χ2v) is 7.17. The molecule has 0 spiro atoms. The van der Waals surface area contributed by atoms with Crippen LogP contribution < -0.4 is 10.6 Å². The molecule has 0 bridgehead atoms. The number of carbonyl (C=O) groups excluding carboxylic acids is 1. The first kappa shape index (κ1) is 23.7. The summed E-state index contributed by atoms with van der Waals surface area (Å²) in [5, 5.41) is 7.74. The van der Waals surface area contributed by atoms with Gasteiger partial charge in [-0.2, -0.15) is 0 Å². The summed E-state index contributed by atoms with van der Waals surface area (Å²) in [5.41, 5.74) is 2.10. The van der Waals surface area contributed by atoms with Gasteiger partial charge >= 0.3 is 0 Å². The third-order valence-electron chi connectivity index (χ3n) is 4.64. The van der Waals surface area contributed by atoms with E-state index in [4.69, 9.17) is 4.42 Å². The molecule has 1 heterocycles. The Morgan fingerprint density at radius 1 is 1.10 bits per heavy atom. The molecule has 160 valence electrons. The van der Waals surface area contributed by atoms with Gasteiger partial charge in [0.2, 0.25) is 5.91 Å². The number of hydrogen-bond acceptors (Lipinski definition) is 3. The standard InChI is InChI=1S/C23H28N4O2.HI/c1-17(21-15-19-11-7-8-12-20(19)29-21)26-23(25-16-22(28)27(2)3)24-14-13-18-9-5-4-6-10-18;/h4-12,15,17H,13-14,16H2,1-3H3,(H2,24,25,26);1H. The summed E-state index contributed by atoms with van der Waals surface area (Å²) in [7, 11) is 3.45. The third-order valence-corrected chi connectivity index (χ3v) is 4.64. The molecule has 3 rings (SSSR count). The van der Waals surface area contributed by atoms with E-state index >= 15 is 0 Å². The lowest BCUT2D eigenvalue weighted by Gasteiger charge is -2.17. The van der Waals surface area contributed by atoms with Gasteiger partial charge in [0.25, 0.3) is 0 Å². The van der Waals surface area contributed by atoms with Crippen molar-refractivity contribution in [1.82, 2.24) is 15.5 Å². The van der Waals surface area contributed by atoms with Gasteiger partial charge in [0, 0.05) is 26.0 Å². The highest BCUT2D eigenvalue weighted by atomic mass is 127. The van der Waals surface area contributed by atoms with Crippen LogP contribution in [0.15, 0.2) is 70.1 Å². The average Bonchev–Trinajstić information content (AvgIpc) is 3.16. The molecule has 1 atom stereocenters. The van der Waals surface area contributed by atoms with Gasteiger partial charge in [0.15, 0.2) is 5.96 Å². The van der Waals surface area contributed by atoms with Crippen molar-refractivity contribution in [2.75, 3.05) is 27.2 Å². The minimum atomic E-state index is -0.0974. The number of rotatable bonds is 7. The molecule has 0 aliphatic rings. The van der Waals surface area contributed by atoms with E-state index in [0.717, 1.165) is 23.2 Å². The predicted octanol–water partition coefficient (Wildman–Crippen LogP) is 3.98. The summed E-state index contributed by atoms with van der Waals surface area (Å²) in [6, 6.07) is 20.1. The first-order valence-corrected chi connectivity index (χ1v) is 9.80. The molecular formula is C23H29IN4O2. The number of fused-ring (bicyclic) bond motifs is 1. The van der Waals surface area contributed by atoms with Crippen molar-refractivity contribution in [2.24, 2.45) is 4.99 Å². The molecule has 0 saturated heterocycles. The Bertz CT molecular complexity index is 937. The summed E-state index contributed by atoms with van der Waals surface area (Å²) in [4.78, 5) is 18.0. The van der Waals surface area contributed by atoms with Gasteiger partial charge in [-0.05, 0) is 31.0 Å². The summed E-state index contributed by atoms with van der Waals surface area (Å²) in [5.74, 6) is 1.36. The number of nitrogens with one attached hydrogen (secondary N) is 2. The number of halogens is 1. The second kappa shape index (κ2) is 11.6. The molecule has 1 amide bonds. The molecule has 30 heavy (non-hydrogen) atoms. The molecule has 7 heteroatoms. The second-order valence-electron chi connectivity index (χ2n) is 7.17. The zero-order valence-electron chi connectivity index (χ0n) is 17.6. The summed E-state index contributed by atoms with van der Waals surface area (Å²) >= 11 is 0. The van der Waals surface area contributed by atoms with Gasteiger partial charge in [-0.15, -0.1) is 24.0 Å². The van der Waals surface area contributed by atoms with Crippen molar-refractivity contribution in [2.45, 2.75) is 19.4 Å². The van der Waals surface area contributed by atoms with Gasteiger partial charge in [-0.25, -0.2) is 4.99 Å². The van der Waals surface area contributed by atoms with Crippen LogP contribution in [0.25, 0.3) is 11.0 Å². The highest BCUT2D eigenvalue weighted by Gasteiger charge is 2.14. The summed E-state index contributed by atoms with van der Waals surface area (Å²) in [6.07, 6.45) is 0.863. The topological polar surface area (TPSA) is 69.9 Å². The number of hydrogen-bond donors (Lipinski definition) is 2. The fourth-order valence-electron chi connectivity index (χ4n) is 2.90. The fraction of sp³-hybridized carbons (Fsp3) is 0.304. The number of para-hydroxylation sites is 1. The van der Waals surface area contributed by atoms with Gasteiger partial charge in [-0.3, -0.25) is 4.79 Å². The van der Waals surface area contributed by atoms with Crippen molar-refractivity contribution >= 4 is 46.8 Å². The smallest absolute Gasteiger partial charge is 0.243 e. The number of likely N-dealkylation sites (N-methyl/N-ethyl adjacent to an activating group) is 1. The maximum atomic E-state index is 12.0. The highest BCUT2D eigenvalue weighted by molar-refractivity contribution is 14.0. The Morgan fingerprint density at radius 3 is 2.50 bits per heavy atom. The van der Waals surface area contributed by atoms with Gasteiger partial charge < -0.3 is 20.0 Å². The van der Waals surface area contributed by atoms with E-state index in [-0.39, 0.29) is 42.5 Å². The van der Waals surface area contributed by atoms with Crippen molar-refractivity contribution in [3.8, 4) is 0 Å². The van der Waals surface area contributed by atoms with Gasteiger partial charge in [-0.1, -0.05) is 48.5 Å². The molecular weight excluding hydrogens is 491 g/mol. The number of nitrogens with zero attached hydrogens (tertiary/aromatic N) is 2. The first-order valence-electron chi connectivity index (χ1n) is 9.80. The summed E-state index contributed by atoms with van der Waals surface area (Å²) in [6.45, 7) is 2.80. The van der Waals surface area contributed by atoms with Crippen LogP contribution >= 0.6 is 24.0 Å². The van der Waals surface area contributed by atoms with E-state index in [2.05, 4.69) is 27.8 Å². The molecule has 0 radical (unpaired) electrons. The highest BCUT2D eigenvalue weighted by Crippen LogP contribution is 2.23. The van der Waals surface area contributed by atoms with Crippen LogP contribution in [0.1, 0.15) is 24.3 Å². The number of aliphatic imine (C=N–C) groups is 1. The van der Waals surface area contributed by atoms with Crippen LogP contribution in [0.5, 0.6) is 0 Å². The monoisotopic (exact) mass is 520 g/mol. The van der Waals surface area contributed by atoms with E-state index in [0.29, 0.717) is 12.5 Å². The number of furan rings is 1. The Morgan fingerprint density at radius 2 is 1.80 bits per heavy atom. The van der Waals surface area contributed by atoms with Gasteiger partial charge in [0.05, 0.1) is 6.04 Å². The molecule has 2 N–H and O–H groups in total. The van der Waals surface area contributed by atoms with Gasteiger partial charge in [0.1, 0.15) is 17.9 Å². The van der Waals surface area contributed by atoms with E-state index in [9.17, 15) is 4.79 Å². The Balaban J connectivity index is 0.00000320. The lowest BCUT2D eigenvalue weighted by Crippen LogP contribution is -2.40. The fourth-order valence-corrected chi connectivity index (χ4v) is 2.90. The Labute approximate surface area is 194 Å². The molecule has 0 aliphatic heterocycles. The van der Waals surface area contributed by atoms with Crippen LogP contribution in [0.2, 0.25) is 0 Å². The summed E-state index contributed by atoms with van der Waals surface area (Å²) < 4.78 is 5.95. The molecule has 1 aromatic heterocycles. The Hall–Kier alpha value is -2.55. The zero-order valence-corrected chi connectivity index (χ0v) is 19.9. The first-order chi connectivity index (χ1) is 14.0. The predicted molar refractivity (Wildman–Crippen MR) is 132 cm³/mol. The number of benzene rings is 2. The van der Waals surface area contributed by atoms with Crippen molar-refractivity contribution in [3.05, 3.63) is 72.0 Å². The van der Waals surface area contributed by atoms with Crippen LogP contribution in [0.3, 0.4) is 0 Å². The number of guanidine groups is 1. The normalized spacial score (nSPS) is 12.2. The number of carbonyl (C=O) groups is 1. The van der Waals surface area contributed by atoms with E-state index in [1.165, 1.54) is 10.5 Å². The van der Waals surface area contributed by atoms with Crippen molar-refractivity contribution in [1.29, 1.82) is 0 Å². The molecule has 1 unspecified atom stereocenters. The molecule has 0 fully saturated rings. The molecule has 0 aliphatic carbocycles. The van der Waals surface area contributed by atoms with Crippen LogP contribution in [-0.4, -0.2) is 44.0 Å². The minimum Gasteiger partial charge on any atom is -0.459 e. The third kappa shape index (κ3) is 6.76. The van der Waals surface area contributed by atoms with E-state index < -0.39 is 0 Å². The van der Waals surface area contributed by atoms with Crippen molar-refractivity contribution in [3.63, 3.8) is 0 Å². The van der Waals surface area contributed by atoms with E-state index in [1.807, 2.05) is 55.5 Å². The lowest BCUT2D eigenvalue weighted by molar-refractivity contribution is -0.127. The zero-order chi connectivity index (χ0) is 20.6. The number of amides is 1. The molecule has 2 aromatic carbocycles.